The molecule has 0 radical (unpaired) electrons. The van der Waals surface area contributed by atoms with Crippen LogP contribution < -0.4 is 10.9 Å². The number of aliphatic imine (C=N–C) groups is 1. The van der Waals surface area contributed by atoms with Gasteiger partial charge in [0.1, 0.15) is 5.82 Å². The molecule has 1 amide bonds. The van der Waals surface area contributed by atoms with Crippen LogP contribution in [-0.2, 0) is 6.54 Å². The van der Waals surface area contributed by atoms with Crippen molar-refractivity contribution in [2.75, 3.05) is 26.0 Å². The van der Waals surface area contributed by atoms with Crippen molar-refractivity contribution in [1.29, 1.82) is 0 Å². The first-order valence-electron chi connectivity index (χ1n) is 8.60. The molecule has 8 nitrogen and oxygen atoms in total. The van der Waals surface area contributed by atoms with Crippen molar-refractivity contribution in [3.05, 3.63) is 53.9 Å². The maximum absolute atomic E-state index is 12.7. The zero-order valence-electron chi connectivity index (χ0n) is 15.1. The second kappa shape index (κ2) is 6.99. The van der Waals surface area contributed by atoms with Crippen molar-refractivity contribution in [2.45, 2.75) is 6.54 Å². The zero-order chi connectivity index (χ0) is 18.8. The Morgan fingerprint density at radius 1 is 1.30 bits per heavy atom. The van der Waals surface area contributed by atoms with Crippen LogP contribution in [0.3, 0.4) is 0 Å². The first-order valence-corrected chi connectivity index (χ1v) is 8.60. The molecule has 0 fully saturated rings. The molecule has 0 atom stereocenters. The second-order valence-corrected chi connectivity index (χ2v) is 6.41. The standard InChI is InChI=1S/C19H19N7O/c1-25(2)12-22-14-9-13(10-20-11-14)18(27)24-19-23-16-6-4-3-5-15(16)17-21-7-8-26(17)19/h3-6,9-12,21H,7-8H2,1-2H3. The SMILES string of the molecule is CN(C)C=Nc1cncc(C(=O)N=c2nc3ccccc3c3n2CCN3)c1. The molecule has 136 valence electrons. The maximum atomic E-state index is 12.7. The Morgan fingerprint density at radius 3 is 3.00 bits per heavy atom. The van der Waals surface area contributed by atoms with Gasteiger partial charge < -0.3 is 10.2 Å². The summed E-state index contributed by atoms with van der Waals surface area (Å²) < 4.78 is 1.93. The van der Waals surface area contributed by atoms with Crippen LogP contribution in [0.2, 0.25) is 0 Å². The molecule has 0 bridgehead atoms. The number of hydrogen-bond acceptors (Lipinski definition) is 5. The van der Waals surface area contributed by atoms with E-state index in [1.165, 1.54) is 6.20 Å². The van der Waals surface area contributed by atoms with E-state index in [1.807, 2.05) is 47.8 Å². The van der Waals surface area contributed by atoms with Crippen molar-refractivity contribution in [2.24, 2.45) is 9.98 Å². The molecule has 2 aromatic heterocycles. The molecule has 1 aliphatic rings. The third-order valence-electron chi connectivity index (χ3n) is 4.13. The van der Waals surface area contributed by atoms with Crippen molar-refractivity contribution in [3.8, 4) is 0 Å². The largest absolute Gasteiger partial charge is 0.369 e. The summed E-state index contributed by atoms with van der Waals surface area (Å²) in [5, 5.41) is 4.37. The number of aromatic nitrogens is 3. The topological polar surface area (TPSA) is 87.8 Å². The molecule has 0 spiro atoms. The van der Waals surface area contributed by atoms with Gasteiger partial charge in [-0.15, -0.1) is 0 Å². The minimum atomic E-state index is -0.395. The van der Waals surface area contributed by atoms with Crippen LogP contribution in [0.5, 0.6) is 0 Å². The van der Waals surface area contributed by atoms with E-state index in [-0.39, 0.29) is 0 Å². The van der Waals surface area contributed by atoms with Gasteiger partial charge >= 0.3 is 0 Å². The van der Waals surface area contributed by atoms with Gasteiger partial charge in [0, 0.05) is 38.8 Å². The highest BCUT2D eigenvalue weighted by Gasteiger charge is 2.16. The van der Waals surface area contributed by atoms with E-state index in [0.717, 1.165) is 23.3 Å². The lowest BCUT2D eigenvalue weighted by Crippen LogP contribution is -2.24. The lowest BCUT2D eigenvalue weighted by Gasteiger charge is -2.07. The average molecular weight is 361 g/mol. The van der Waals surface area contributed by atoms with Crippen molar-refractivity contribution < 1.29 is 4.79 Å². The van der Waals surface area contributed by atoms with Gasteiger partial charge in [0.05, 0.1) is 29.3 Å². The summed E-state index contributed by atoms with van der Waals surface area (Å²) in [4.78, 5) is 31.7. The van der Waals surface area contributed by atoms with E-state index in [1.54, 1.807) is 18.6 Å². The number of fused-ring (bicyclic) bond motifs is 3. The molecule has 0 unspecified atom stereocenters. The lowest BCUT2D eigenvalue weighted by molar-refractivity contribution is 0.0996. The third-order valence-corrected chi connectivity index (χ3v) is 4.13. The lowest BCUT2D eigenvalue weighted by atomic mass is 10.2. The highest BCUT2D eigenvalue weighted by molar-refractivity contribution is 5.95. The van der Waals surface area contributed by atoms with Crippen LogP contribution in [0.1, 0.15) is 10.4 Å². The summed E-state index contributed by atoms with van der Waals surface area (Å²) in [5.74, 6) is 0.545. The van der Waals surface area contributed by atoms with Crippen LogP contribution in [-0.4, -0.2) is 52.3 Å². The van der Waals surface area contributed by atoms with Crippen molar-refractivity contribution >= 4 is 34.7 Å². The minimum absolute atomic E-state index is 0.374. The van der Waals surface area contributed by atoms with Gasteiger partial charge in [-0.1, -0.05) is 12.1 Å². The predicted molar refractivity (Wildman–Crippen MR) is 104 cm³/mol. The number of carbonyl (C=O) groups is 1. The Kier molecular flexibility index (Phi) is 4.37. The minimum Gasteiger partial charge on any atom is -0.369 e. The summed E-state index contributed by atoms with van der Waals surface area (Å²) >= 11 is 0. The Morgan fingerprint density at radius 2 is 2.15 bits per heavy atom. The van der Waals surface area contributed by atoms with E-state index >= 15 is 0 Å². The smallest absolute Gasteiger partial charge is 0.281 e. The number of pyridine rings is 1. The number of anilines is 1. The first kappa shape index (κ1) is 16.9. The molecule has 1 aromatic carbocycles. The van der Waals surface area contributed by atoms with E-state index < -0.39 is 5.91 Å². The summed E-state index contributed by atoms with van der Waals surface area (Å²) in [6, 6.07) is 9.48. The molecule has 0 saturated heterocycles. The number of benzene rings is 1. The normalized spacial score (nSPS) is 13.8. The molecule has 8 heteroatoms. The maximum Gasteiger partial charge on any atom is 0.281 e. The van der Waals surface area contributed by atoms with E-state index in [2.05, 4.69) is 25.3 Å². The number of para-hydroxylation sites is 1. The van der Waals surface area contributed by atoms with Gasteiger partial charge in [0.25, 0.3) is 5.91 Å². The van der Waals surface area contributed by atoms with Crippen LogP contribution in [0.4, 0.5) is 11.5 Å². The van der Waals surface area contributed by atoms with Gasteiger partial charge in [0.2, 0.25) is 5.62 Å². The highest BCUT2D eigenvalue weighted by atomic mass is 16.1. The molecule has 27 heavy (non-hydrogen) atoms. The van der Waals surface area contributed by atoms with Crippen molar-refractivity contribution in [1.82, 2.24) is 19.4 Å². The Balaban J connectivity index is 1.76. The summed E-state index contributed by atoms with van der Waals surface area (Å²) in [6.45, 7) is 1.49. The summed E-state index contributed by atoms with van der Waals surface area (Å²) in [7, 11) is 3.75. The number of nitrogens with one attached hydrogen (secondary N) is 1. The number of carbonyl (C=O) groups excluding carboxylic acids is 1. The van der Waals surface area contributed by atoms with Gasteiger partial charge in [-0.05, 0) is 18.2 Å². The van der Waals surface area contributed by atoms with Gasteiger partial charge in [-0.3, -0.25) is 14.3 Å². The fourth-order valence-corrected chi connectivity index (χ4v) is 2.91. The molecule has 0 aliphatic carbocycles. The van der Waals surface area contributed by atoms with Crippen LogP contribution in [0, 0.1) is 0 Å². The van der Waals surface area contributed by atoms with E-state index in [4.69, 9.17) is 0 Å². The molecule has 1 aliphatic heterocycles. The Labute approximate surface area is 155 Å². The van der Waals surface area contributed by atoms with Gasteiger partial charge in [0.15, 0.2) is 0 Å². The summed E-state index contributed by atoms with van der Waals surface area (Å²) in [5.41, 5.74) is 2.16. The quantitative estimate of drug-likeness (QED) is 0.568. The van der Waals surface area contributed by atoms with Crippen molar-refractivity contribution in [3.63, 3.8) is 0 Å². The monoisotopic (exact) mass is 361 g/mol. The zero-order valence-corrected chi connectivity index (χ0v) is 15.1. The van der Waals surface area contributed by atoms with Gasteiger partial charge in [-0.2, -0.15) is 4.99 Å². The van der Waals surface area contributed by atoms with E-state index in [9.17, 15) is 4.79 Å². The van der Waals surface area contributed by atoms with Crippen LogP contribution in [0.15, 0.2) is 52.7 Å². The fraction of sp³-hybridized carbons (Fsp3) is 0.211. The molecule has 4 rings (SSSR count). The second-order valence-electron chi connectivity index (χ2n) is 6.41. The van der Waals surface area contributed by atoms with Gasteiger partial charge in [-0.25, -0.2) is 9.98 Å². The van der Waals surface area contributed by atoms with Crippen LogP contribution in [0.25, 0.3) is 10.9 Å². The van der Waals surface area contributed by atoms with Crippen LogP contribution >= 0.6 is 0 Å². The predicted octanol–water partition coefficient (Wildman–Crippen LogP) is 1.82. The fourth-order valence-electron chi connectivity index (χ4n) is 2.91. The molecule has 3 aromatic rings. The molecular formula is C19H19N7O. The first-order chi connectivity index (χ1) is 13.1. The number of amides is 1. The number of nitrogens with zero attached hydrogens (tertiary/aromatic N) is 6. The third kappa shape index (κ3) is 3.41. The average Bonchev–Trinajstić information content (AvgIpc) is 3.17. The Bertz CT molecular complexity index is 1110. The number of hydrogen-bond donors (Lipinski definition) is 1. The Hall–Kier alpha value is -3.55. The molecular weight excluding hydrogens is 342 g/mol. The van der Waals surface area contributed by atoms with E-state index in [0.29, 0.717) is 23.4 Å². The highest BCUT2D eigenvalue weighted by Crippen LogP contribution is 2.22. The molecule has 1 N–H and O–H groups in total. The number of rotatable bonds is 3. The summed E-state index contributed by atoms with van der Waals surface area (Å²) in [6.07, 6.45) is 4.74. The molecule has 3 heterocycles. The molecule has 0 saturated carbocycles.